The van der Waals surface area contributed by atoms with E-state index >= 15 is 0 Å². The second-order valence-corrected chi connectivity index (χ2v) is 21.9. The lowest BCUT2D eigenvalue weighted by Gasteiger charge is -2.19. The number of halogens is 1. The molecule has 0 radical (unpaired) electrons. The Morgan fingerprint density at radius 2 is 1.03 bits per heavy atom. The molecule has 8 aromatic rings. The van der Waals surface area contributed by atoms with Crippen molar-refractivity contribution < 1.29 is 59.6 Å². The van der Waals surface area contributed by atoms with Gasteiger partial charge in [-0.1, -0.05) is 58.4 Å². The number of carbonyl (C=O) groups excluding carboxylic acids is 2. The van der Waals surface area contributed by atoms with Gasteiger partial charge in [-0.05, 0) is 120 Å². The van der Waals surface area contributed by atoms with E-state index in [1.54, 1.807) is 67.8 Å². The van der Waals surface area contributed by atoms with Crippen molar-refractivity contribution in [3.8, 4) is 34.5 Å². The van der Waals surface area contributed by atoms with Gasteiger partial charge in [0, 0.05) is 59.9 Å². The minimum atomic E-state index is -4.26. The number of methoxy groups -OCH3 is 3. The average molecular weight is 1110 g/mol. The second kappa shape index (κ2) is 20.8. The molecule has 74 heavy (non-hydrogen) atoms. The number of nitrogens with zero attached hydrogens (tertiary/aromatic N) is 2. The van der Waals surface area contributed by atoms with Gasteiger partial charge in [-0.2, -0.15) is 0 Å². The third kappa shape index (κ3) is 10.2. The smallest absolute Gasteiger partial charge is 0.267 e. The van der Waals surface area contributed by atoms with Gasteiger partial charge in [0.15, 0.2) is 23.0 Å². The van der Waals surface area contributed by atoms with Gasteiger partial charge in [-0.15, -0.1) is 0 Å². The molecule has 0 aliphatic carbocycles. The Labute approximate surface area is 436 Å². The molecule has 4 heterocycles. The van der Waals surface area contributed by atoms with Crippen molar-refractivity contribution in [2.45, 2.75) is 42.1 Å². The lowest BCUT2D eigenvalue weighted by Crippen LogP contribution is -2.35. The highest BCUT2D eigenvalue weighted by Gasteiger charge is 2.34. The predicted molar refractivity (Wildman–Crippen MR) is 279 cm³/mol. The molecular weight excluding hydrogens is 1060 g/mol. The monoisotopic (exact) mass is 1110 g/mol. The zero-order valence-corrected chi connectivity index (χ0v) is 44.4. The van der Waals surface area contributed by atoms with E-state index in [4.69, 9.17) is 33.2 Å². The van der Waals surface area contributed by atoms with E-state index in [9.17, 15) is 26.4 Å². The maximum atomic E-state index is 13.9. The Kier molecular flexibility index (Phi) is 14.4. The number of benzene rings is 6. The van der Waals surface area contributed by atoms with Crippen LogP contribution < -0.4 is 37.9 Å². The largest absolute Gasteiger partial charge is 0.495 e. The summed E-state index contributed by atoms with van der Waals surface area (Å²) in [7, 11) is -0.335. The van der Waals surface area contributed by atoms with Gasteiger partial charge in [0.25, 0.3) is 20.0 Å². The first-order chi connectivity index (χ1) is 35.4. The first-order valence-electron chi connectivity index (χ1n) is 22.9. The summed E-state index contributed by atoms with van der Waals surface area (Å²) < 4.78 is 100. The fourth-order valence-corrected chi connectivity index (χ4v) is 11.8. The van der Waals surface area contributed by atoms with E-state index in [2.05, 4.69) is 25.4 Å². The highest BCUT2D eigenvalue weighted by Crippen LogP contribution is 2.42. The summed E-state index contributed by atoms with van der Waals surface area (Å²) >= 11 is 3.49. The molecule has 2 aliphatic rings. The summed E-state index contributed by atoms with van der Waals surface area (Å²) in [5, 5.41) is 1.64. The number of amides is 2. The summed E-state index contributed by atoms with van der Waals surface area (Å²) in [6, 6.07) is 31.3. The van der Waals surface area contributed by atoms with Crippen LogP contribution in [-0.4, -0.2) is 72.7 Å². The van der Waals surface area contributed by atoms with Crippen molar-refractivity contribution >= 4 is 69.6 Å². The molecular formula is C54H51BrN4O13S2. The number of rotatable bonds is 14. The van der Waals surface area contributed by atoms with Gasteiger partial charge in [-0.3, -0.25) is 9.59 Å². The van der Waals surface area contributed by atoms with Crippen molar-refractivity contribution in [1.82, 2.24) is 18.6 Å². The number of fused-ring (bicyclic) bond motifs is 4. The van der Waals surface area contributed by atoms with E-state index in [0.29, 0.717) is 51.9 Å². The third-order valence-corrected chi connectivity index (χ3v) is 15.9. The molecule has 2 amide bonds. The van der Waals surface area contributed by atoms with Crippen LogP contribution in [0.3, 0.4) is 0 Å². The van der Waals surface area contributed by atoms with Crippen molar-refractivity contribution in [3.63, 3.8) is 0 Å². The summed E-state index contributed by atoms with van der Waals surface area (Å²) in [4.78, 5) is 27.5. The van der Waals surface area contributed by atoms with Gasteiger partial charge < -0.3 is 42.3 Å². The van der Waals surface area contributed by atoms with Gasteiger partial charge >= 0.3 is 0 Å². The van der Waals surface area contributed by atoms with Crippen LogP contribution in [0.2, 0.25) is 0 Å². The van der Waals surface area contributed by atoms with Crippen LogP contribution in [0, 0.1) is 13.8 Å². The van der Waals surface area contributed by atoms with E-state index < -0.39 is 43.7 Å². The molecule has 0 bridgehead atoms. The van der Waals surface area contributed by atoms with E-state index in [1.807, 2.05) is 85.9 Å². The Hall–Kier alpha value is -7.52. The van der Waals surface area contributed by atoms with Crippen LogP contribution in [-0.2, 0) is 55.1 Å². The molecule has 384 valence electrons. The number of sulfonamides is 2. The maximum absolute atomic E-state index is 13.9. The number of aryl methyl sites for hydroxylation is 4. The van der Waals surface area contributed by atoms with Crippen LogP contribution in [0.1, 0.15) is 50.8 Å². The minimum Gasteiger partial charge on any atom is -0.495 e. The highest BCUT2D eigenvalue weighted by atomic mass is 79.9. The number of nitrogens with one attached hydrogen (secondary N) is 2. The van der Waals surface area contributed by atoms with Crippen molar-refractivity contribution in [2.75, 3.05) is 34.9 Å². The van der Waals surface area contributed by atoms with Crippen LogP contribution in [0.5, 0.6) is 34.5 Å². The second-order valence-electron chi connectivity index (χ2n) is 17.7. The fourth-order valence-electron chi connectivity index (χ4n) is 9.18. The van der Waals surface area contributed by atoms with Crippen LogP contribution in [0.25, 0.3) is 21.8 Å². The minimum absolute atomic E-state index is 0.0772. The zero-order chi connectivity index (χ0) is 52.6. The van der Waals surface area contributed by atoms with Crippen LogP contribution >= 0.6 is 15.9 Å². The average Bonchev–Trinajstić information content (AvgIpc) is 4.17. The molecule has 0 saturated heterocycles. The molecule has 2 aliphatic heterocycles. The molecule has 0 saturated carbocycles. The molecule has 2 unspecified atom stereocenters. The first kappa shape index (κ1) is 51.4. The Morgan fingerprint density at radius 3 is 1.49 bits per heavy atom. The Bertz CT molecular complexity index is 3740. The molecule has 2 N–H and O–H groups in total. The fraction of sp³-hybridized carbons (Fsp3) is 0.222. The van der Waals surface area contributed by atoms with E-state index in [-0.39, 0.29) is 34.9 Å². The van der Waals surface area contributed by atoms with Gasteiger partial charge in [0.2, 0.25) is 25.4 Å². The number of ether oxygens (including phenoxy) is 7. The molecule has 17 nitrogen and oxygen atoms in total. The number of carbonyl (C=O) groups is 2. The summed E-state index contributed by atoms with van der Waals surface area (Å²) in [6.07, 6.45) is 3.68. The van der Waals surface area contributed by atoms with Gasteiger partial charge in [-0.25, -0.2) is 26.3 Å². The van der Waals surface area contributed by atoms with Crippen LogP contribution in [0.4, 0.5) is 0 Å². The van der Waals surface area contributed by atoms with Gasteiger partial charge in [0.1, 0.15) is 21.3 Å². The standard InChI is InChI=1S/C28H28N2O7S.C26H23BrN2O6S/c1-17-5-10-26(25(11-17)35-4)38(32,33)29-28(31)27(19-7-9-23-24(13-19)37-16-36-23)21-14-30(2)22-12-18(15-34-3)6-8-20(21)22;1-15-4-9-24(23(10-15)33-3)36(31,32)28-26(30)25(16-5-8-21-22(11-16)35-14-34-21)19-13-29(2)20-12-17(27)6-7-18(19)20/h5-14,27H,15-16H2,1-4H3,(H,29,31);4-13,25H,14H2,1-3H3,(H,28,30). The molecule has 20 heteroatoms. The number of aromatic nitrogens is 2. The van der Waals surface area contributed by atoms with E-state index in [0.717, 1.165) is 43.0 Å². The Balaban J connectivity index is 0.000000182. The number of hydrogen-bond acceptors (Lipinski definition) is 13. The molecule has 2 atom stereocenters. The van der Waals surface area contributed by atoms with Gasteiger partial charge in [0.05, 0.1) is 32.7 Å². The van der Waals surface area contributed by atoms with Crippen molar-refractivity contribution in [3.05, 3.63) is 165 Å². The maximum Gasteiger partial charge on any atom is 0.267 e. The van der Waals surface area contributed by atoms with Crippen LogP contribution in [0.15, 0.2) is 136 Å². The first-order valence-corrected chi connectivity index (χ1v) is 26.7. The molecule has 0 fully saturated rings. The summed E-state index contributed by atoms with van der Waals surface area (Å²) in [5.74, 6) is -0.896. The summed E-state index contributed by atoms with van der Waals surface area (Å²) in [6.45, 7) is 4.25. The third-order valence-electron chi connectivity index (χ3n) is 12.7. The number of hydrogen-bond donors (Lipinski definition) is 2. The van der Waals surface area contributed by atoms with Crippen molar-refractivity contribution in [2.24, 2.45) is 14.1 Å². The Morgan fingerprint density at radius 1 is 0.581 bits per heavy atom. The highest BCUT2D eigenvalue weighted by molar-refractivity contribution is 9.10. The zero-order valence-electron chi connectivity index (χ0n) is 41.2. The molecule has 10 rings (SSSR count). The molecule has 6 aromatic carbocycles. The quantitative estimate of drug-likeness (QED) is 0.105. The lowest BCUT2D eigenvalue weighted by molar-refractivity contribution is -0.120. The lowest BCUT2D eigenvalue weighted by atomic mass is 9.90. The molecule has 0 spiro atoms. The van der Waals surface area contributed by atoms with E-state index in [1.165, 1.54) is 26.4 Å². The SMILES string of the molecule is COCc1ccc2c(C(C(=O)NS(=O)(=O)c3ccc(C)cc3OC)c3ccc4c(c3)OCO4)cn(C)c2c1.COc1cc(C)ccc1S(=O)(=O)NC(=O)C(c1ccc2c(c1)OCO2)c1cn(C)c2cc(Br)ccc12. The van der Waals surface area contributed by atoms with Crippen molar-refractivity contribution in [1.29, 1.82) is 0 Å². The summed E-state index contributed by atoms with van der Waals surface area (Å²) in [5.41, 5.74) is 6.84. The molecule has 2 aromatic heterocycles. The topological polar surface area (TPSA) is 201 Å². The predicted octanol–water partition coefficient (Wildman–Crippen LogP) is 8.63. The normalized spacial score (nSPS) is 13.5.